The molecule has 0 bridgehead atoms. The van der Waals surface area contributed by atoms with Crippen LogP contribution in [0.2, 0.25) is 5.02 Å². The molecular formula is C14H18BrClN2O. The molecule has 1 aromatic rings. The highest BCUT2D eigenvalue weighted by atomic mass is 79.9. The van der Waals surface area contributed by atoms with E-state index in [-0.39, 0.29) is 24.0 Å². The first-order valence-corrected chi connectivity index (χ1v) is 7.60. The molecule has 0 aliphatic carbocycles. The first kappa shape index (κ1) is 14.8. The molecule has 1 aliphatic rings. The number of hydrogen-bond acceptors (Lipinski definition) is 2. The van der Waals surface area contributed by atoms with Crippen molar-refractivity contribution in [2.24, 2.45) is 5.73 Å². The summed E-state index contributed by atoms with van der Waals surface area (Å²) in [6, 6.07) is 5.77. The normalized spacial score (nSPS) is 24.1. The van der Waals surface area contributed by atoms with Crippen molar-refractivity contribution < 1.29 is 4.79 Å². The third-order valence-corrected chi connectivity index (χ3v) is 4.76. The van der Waals surface area contributed by atoms with Crippen LogP contribution >= 0.6 is 27.5 Å². The molecule has 5 heteroatoms. The minimum Gasteiger partial charge on any atom is -0.332 e. The van der Waals surface area contributed by atoms with Gasteiger partial charge in [0.2, 0.25) is 5.91 Å². The Kier molecular flexibility index (Phi) is 4.54. The minimum absolute atomic E-state index is 0.0441. The fraction of sp³-hybridized carbons (Fsp3) is 0.500. The fourth-order valence-electron chi connectivity index (χ4n) is 2.65. The average molecular weight is 346 g/mol. The summed E-state index contributed by atoms with van der Waals surface area (Å²) in [5, 5.41) is 0.645. The number of benzene rings is 1. The molecule has 1 aromatic carbocycles. The first-order chi connectivity index (χ1) is 8.91. The van der Waals surface area contributed by atoms with Gasteiger partial charge < -0.3 is 10.6 Å². The molecule has 1 saturated heterocycles. The first-order valence-electron chi connectivity index (χ1n) is 6.43. The van der Waals surface area contributed by atoms with Crippen LogP contribution < -0.4 is 5.73 Å². The van der Waals surface area contributed by atoms with Crippen molar-refractivity contribution in [3.05, 3.63) is 33.3 Å². The molecule has 19 heavy (non-hydrogen) atoms. The van der Waals surface area contributed by atoms with Crippen LogP contribution in [-0.2, 0) is 4.79 Å². The second-order valence-electron chi connectivity index (χ2n) is 5.22. The van der Waals surface area contributed by atoms with Crippen LogP contribution in [0, 0.1) is 0 Å². The minimum atomic E-state index is -0.0909. The Labute approximate surface area is 127 Å². The Bertz CT molecular complexity index is 492. The molecule has 0 spiro atoms. The maximum atomic E-state index is 12.1. The second-order valence-corrected chi connectivity index (χ2v) is 6.48. The zero-order valence-electron chi connectivity index (χ0n) is 11.1. The number of carbonyl (C=O) groups excluding carboxylic acids is 1. The van der Waals surface area contributed by atoms with Gasteiger partial charge in [0, 0.05) is 23.0 Å². The molecule has 2 N–H and O–H groups in total. The van der Waals surface area contributed by atoms with Gasteiger partial charge in [-0.1, -0.05) is 17.7 Å². The van der Waals surface area contributed by atoms with E-state index in [1.807, 2.05) is 36.9 Å². The maximum absolute atomic E-state index is 12.1. The molecule has 1 heterocycles. The maximum Gasteiger partial charge on any atom is 0.223 e. The molecule has 1 amide bonds. The van der Waals surface area contributed by atoms with Crippen LogP contribution in [-0.4, -0.2) is 22.9 Å². The van der Waals surface area contributed by atoms with Crippen molar-refractivity contribution in [2.45, 2.75) is 44.8 Å². The lowest BCUT2D eigenvalue weighted by atomic mass is 9.89. The van der Waals surface area contributed by atoms with Crippen molar-refractivity contribution in [3.8, 4) is 0 Å². The van der Waals surface area contributed by atoms with Gasteiger partial charge in [-0.05, 0) is 53.9 Å². The Morgan fingerprint density at radius 1 is 1.47 bits per heavy atom. The highest BCUT2D eigenvalue weighted by Crippen LogP contribution is 2.35. The number of piperidine rings is 1. The summed E-state index contributed by atoms with van der Waals surface area (Å²) in [4.78, 5) is 14.0. The summed E-state index contributed by atoms with van der Waals surface area (Å²) < 4.78 is 0.852. The van der Waals surface area contributed by atoms with Gasteiger partial charge in [0.25, 0.3) is 0 Å². The van der Waals surface area contributed by atoms with E-state index in [2.05, 4.69) is 15.9 Å². The Hall–Kier alpha value is -0.580. The van der Waals surface area contributed by atoms with Crippen LogP contribution in [0.4, 0.5) is 0 Å². The molecule has 2 unspecified atom stereocenters. The van der Waals surface area contributed by atoms with Gasteiger partial charge in [-0.25, -0.2) is 0 Å². The molecular weight excluding hydrogens is 328 g/mol. The molecule has 1 fully saturated rings. The lowest BCUT2D eigenvalue weighted by Crippen LogP contribution is -2.51. The fourth-order valence-corrected chi connectivity index (χ4v) is 3.09. The number of hydrogen-bond donors (Lipinski definition) is 1. The third kappa shape index (κ3) is 2.96. The number of likely N-dealkylation sites (tertiary alicyclic amines) is 1. The zero-order chi connectivity index (χ0) is 14.2. The standard InChI is InChI=1S/C14H18BrClN2O/c1-8(2)18-13(19)6-5-12(17)14(18)9-3-4-10(15)11(16)7-9/h3-4,7-8,12,14H,5-6,17H2,1-2H3. The van der Waals surface area contributed by atoms with Gasteiger partial charge in [0.05, 0.1) is 11.1 Å². The number of halogens is 2. The molecule has 104 valence electrons. The summed E-state index contributed by atoms with van der Waals surface area (Å²) in [5.41, 5.74) is 7.24. The molecule has 0 aromatic heterocycles. The van der Waals surface area contributed by atoms with E-state index in [4.69, 9.17) is 17.3 Å². The number of rotatable bonds is 2. The molecule has 3 nitrogen and oxygen atoms in total. The summed E-state index contributed by atoms with van der Waals surface area (Å²) in [7, 11) is 0. The summed E-state index contributed by atoms with van der Waals surface area (Å²) in [5.74, 6) is 0.167. The van der Waals surface area contributed by atoms with Crippen molar-refractivity contribution in [2.75, 3.05) is 0 Å². The lowest BCUT2D eigenvalue weighted by Gasteiger charge is -2.42. The van der Waals surface area contributed by atoms with Crippen LogP contribution in [0.3, 0.4) is 0 Å². The van der Waals surface area contributed by atoms with Crippen LogP contribution in [0.5, 0.6) is 0 Å². The quantitative estimate of drug-likeness (QED) is 0.891. The lowest BCUT2D eigenvalue weighted by molar-refractivity contribution is -0.139. The largest absolute Gasteiger partial charge is 0.332 e. The van der Waals surface area contributed by atoms with Crippen LogP contribution in [0.1, 0.15) is 38.3 Å². The Morgan fingerprint density at radius 2 is 2.16 bits per heavy atom. The predicted octanol–water partition coefficient (Wildman–Crippen LogP) is 3.50. The SMILES string of the molecule is CC(C)N1C(=O)CCC(N)C1c1ccc(Br)c(Cl)c1. The van der Waals surface area contributed by atoms with Gasteiger partial charge in [-0.15, -0.1) is 0 Å². The van der Waals surface area contributed by atoms with Crippen LogP contribution in [0.25, 0.3) is 0 Å². The third-order valence-electron chi connectivity index (χ3n) is 3.53. The smallest absolute Gasteiger partial charge is 0.223 e. The predicted molar refractivity (Wildman–Crippen MR) is 81.1 cm³/mol. The average Bonchev–Trinajstić information content (AvgIpc) is 2.35. The summed E-state index contributed by atoms with van der Waals surface area (Å²) >= 11 is 9.53. The van der Waals surface area contributed by atoms with E-state index in [0.29, 0.717) is 11.4 Å². The summed E-state index contributed by atoms with van der Waals surface area (Å²) in [6.45, 7) is 4.03. The summed E-state index contributed by atoms with van der Waals surface area (Å²) in [6.07, 6.45) is 1.25. The monoisotopic (exact) mass is 344 g/mol. The second kappa shape index (κ2) is 5.81. The topological polar surface area (TPSA) is 46.3 Å². The van der Waals surface area contributed by atoms with E-state index in [1.54, 1.807) is 0 Å². The van der Waals surface area contributed by atoms with E-state index in [0.717, 1.165) is 16.5 Å². The number of nitrogens with two attached hydrogens (primary N) is 1. The number of amides is 1. The molecule has 2 rings (SSSR count). The molecule has 1 aliphatic heterocycles. The van der Waals surface area contributed by atoms with Crippen LogP contribution in [0.15, 0.2) is 22.7 Å². The van der Waals surface area contributed by atoms with Crippen molar-refractivity contribution in [1.82, 2.24) is 4.90 Å². The van der Waals surface area contributed by atoms with Crippen molar-refractivity contribution >= 4 is 33.4 Å². The van der Waals surface area contributed by atoms with E-state index in [9.17, 15) is 4.79 Å². The zero-order valence-corrected chi connectivity index (χ0v) is 13.4. The molecule has 0 radical (unpaired) electrons. The van der Waals surface area contributed by atoms with Gasteiger partial charge >= 0.3 is 0 Å². The van der Waals surface area contributed by atoms with Gasteiger partial charge in [-0.2, -0.15) is 0 Å². The van der Waals surface area contributed by atoms with Crippen molar-refractivity contribution in [3.63, 3.8) is 0 Å². The molecule has 2 atom stereocenters. The number of nitrogens with zero attached hydrogens (tertiary/aromatic N) is 1. The Morgan fingerprint density at radius 3 is 2.74 bits per heavy atom. The highest BCUT2D eigenvalue weighted by molar-refractivity contribution is 9.10. The van der Waals surface area contributed by atoms with Gasteiger partial charge in [-0.3, -0.25) is 4.79 Å². The van der Waals surface area contributed by atoms with E-state index >= 15 is 0 Å². The van der Waals surface area contributed by atoms with Crippen molar-refractivity contribution in [1.29, 1.82) is 0 Å². The van der Waals surface area contributed by atoms with Gasteiger partial charge in [0.15, 0.2) is 0 Å². The molecule has 0 saturated carbocycles. The highest BCUT2D eigenvalue weighted by Gasteiger charge is 2.36. The van der Waals surface area contributed by atoms with E-state index < -0.39 is 0 Å². The Balaban J connectivity index is 2.42. The number of carbonyl (C=O) groups is 1. The van der Waals surface area contributed by atoms with Gasteiger partial charge in [0.1, 0.15) is 0 Å². The van der Waals surface area contributed by atoms with E-state index in [1.165, 1.54) is 0 Å².